The first-order valence-electron chi connectivity index (χ1n) is 10.3. The van der Waals surface area contributed by atoms with E-state index in [0.717, 1.165) is 36.4 Å². The average molecular weight is 423 g/mol. The molecule has 2 aromatic carbocycles. The van der Waals surface area contributed by atoms with E-state index in [0.29, 0.717) is 24.2 Å². The Morgan fingerprint density at radius 2 is 2.06 bits per heavy atom. The molecule has 2 N–H and O–H groups in total. The van der Waals surface area contributed by atoms with Gasteiger partial charge in [0.15, 0.2) is 6.61 Å². The first kappa shape index (κ1) is 20.7. The zero-order valence-electron chi connectivity index (χ0n) is 17.3. The predicted octanol–water partition coefficient (Wildman–Crippen LogP) is 2.13. The highest BCUT2D eigenvalue weighted by atomic mass is 16.5. The van der Waals surface area contributed by atoms with E-state index in [-0.39, 0.29) is 24.5 Å². The molecule has 4 rings (SSSR count). The van der Waals surface area contributed by atoms with Crippen molar-refractivity contribution in [2.45, 2.75) is 25.3 Å². The average Bonchev–Trinajstić information content (AvgIpc) is 3.28. The number of nitrogens with zero attached hydrogens (tertiary/aromatic N) is 1. The van der Waals surface area contributed by atoms with E-state index in [9.17, 15) is 14.4 Å². The van der Waals surface area contributed by atoms with E-state index in [1.165, 1.54) is 0 Å². The van der Waals surface area contributed by atoms with Crippen LogP contribution in [0.1, 0.15) is 28.8 Å². The maximum Gasteiger partial charge on any atom is 0.338 e. The Labute approximate surface area is 180 Å². The third-order valence-electron chi connectivity index (χ3n) is 5.60. The van der Waals surface area contributed by atoms with Crippen LogP contribution in [0.15, 0.2) is 42.5 Å². The molecule has 2 aliphatic heterocycles. The number of rotatable bonds is 7. The summed E-state index contributed by atoms with van der Waals surface area (Å²) in [6.45, 7) is 0.852. The smallest absolute Gasteiger partial charge is 0.338 e. The summed E-state index contributed by atoms with van der Waals surface area (Å²) in [6.07, 6.45) is 2.40. The van der Waals surface area contributed by atoms with Crippen molar-refractivity contribution in [2.24, 2.45) is 0 Å². The minimum Gasteiger partial charge on any atom is -0.496 e. The van der Waals surface area contributed by atoms with Crippen molar-refractivity contribution in [3.05, 3.63) is 53.6 Å². The van der Waals surface area contributed by atoms with Crippen LogP contribution in [0.2, 0.25) is 0 Å². The number of amides is 2. The van der Waals surface area contributed by atoms with Crippen LogP contribution in [0, 0.1) is 0 Å². The molecule has 2 amide bonds. The molecule has 8 nitrogen and oxygen atoms in total. The van der Waals surface area contributed by atoms with Gasteiger partial charge in [-0.25, -0.2) is 4.79 Å². The van der Waals surface area contributed by atoms with Crippen LogP contribution in [-0.4, -0.2) is 50.6 Å². The molecule has 1 saturated heterocycles. The third kappa shape index (κ3) is 4.47. The molecule has 0 spiro atoms. The van der Waals surface area contributed by atoms with Gasteiger partial charge in [0.2, 0.25) is 5.91 Å². The Morgan fingerprint density at radius 1 is 1.23 bits per heavy atom. The van der Waals surface area contributed by atoms with Gasteiger partial charge in [0.1, 0.15) is 11.8 Å². The summed E-state index contributed by atoms with van der Waals surface area (Å²) in [4.78, 5) is 38.7. The van der Waals surface area contributed by atoms with E-state index in [1.807, 2.05) is 30.3 Å². The highest BCUT2D eigenvalue weighted by molar-refractivity contribution is 6.05. The van der Waals surface area contributed by atoms with Crippen molar-refractivity contribution < 1.29 is 23.9 Å². The van der Waals surface area contributed by atoms with E-state index < -0.39 is 5.97 Å². The zero-order chi connectivity index (χ0) is 21.8. The number of para-hydroxylation sites is 1. The fraction of sp³-hybridized carbons (Fsp3) is 0.348. The Bertz CT molecular complexity index is 1010. The lowest BCUT2D eigenvalue weighted by atomic mass is 10.1. The summed E-state index contributed by atoms with van der Waals surface area (Å²) >= 11 is 0. The van der Waals surface area contributed by atoms with Gasteiger partial charge in [0.05, 0.1) is 24.0 Å². The van der Waals surface area contributed by atoms with Crippen LogP contribution in [0.4, 0.5) is 11.4 Å². The molecule has 0 radical (unpaired) electrons. The van der Waals surface area contributed by atoms with E-state index in [2.05, 4.69) is 15.5 Å². The number of carbonyl (C=O) groups excluding carboxylic acids is 3. The van der Waals surface area contributed by atoms with Crippen LogP contribution in [-0.2, 0) is 20.7 Å². The minimum atomic E-state index is -0.611. The largest absolute Gasteiger partial charge is 0.496 e. The maximum atomic E-state index is 12.4. The van der Waals surface area contributed by atoms with Crippen molar-refractivity contribution in [3.8, 4) is 5.75 Å². The van der Waals surface area contributed by atoms with Gasteiger partial charge in [-0.3, -0.25) is 9.59 Å². The number of benzene rings is 2. The van der Waals surface area contributed by atoms with Crippen LogP contribution < -0.4 is 20.3 Å². The summed E-state index contributed by atoms with van der Waals surface area (Å²) in [7, 11) is 1.60. The van der Waals surface area contributed by atoms with Gasteiger partial charge in [0, 0.05) is 13.1 Å². The number of anilines is 2. The standard InChI is InChI=1S/C23H25N3O5/c1-30-20-7-3-2-5-15(20)10-11-24-21(27)14-31-23(29)16-8-9-18-17(13-16)25-22(28)19-6-4-12-26(18)19/h2-3,5,7-9,13,19H,4,6,10-12,14H2,1H3,(H,24,27)(H,25,28)/t19-/m1/s1. The molecule has 31 heavy (non-hydrogen) atoms. The maximum absolute atomic E-state index is 12.4. The zero-order valence-corrected chi connectivity index (χ0v) is 17.3. The Kier molecular flexibility index (Phi) is 6.06. The number of carbonyl (C=O) groups is 3. The van der Waals surface area contributed by atoms with Crippen LogP contribution >= 0.6 is 0 Å². The number of fused-ring (bicyclic) bond motifs is 3. The fourth-order valence-electron chi connectivity index (χ4n) is 4.07. The van der Waals surface area contributed by atoms with Gasteiger partial charge in [0.25, 0.3) is 5.91 Å². The lowest BCUT2D eigenvalue weighted by Crippen LogP contribution is -2.43. The van der Waals surface area contributed by atoms with Gasteiger partial charge in [-0.2, -0.15) is 0 Å². The molecule has 1 fully saturated rings. The summed E-state index contributed by atoms with van der Waals surface area (Å²) < 4.78 is 10.4. The fourth-order valence-corrected chi connectivity index (χ4v) is 4.07. The molecule has 0 aromatic heterocycles. The molecular weight excluding hydrogens is 398 g/mol. The number of ether oxygens (including phenoxy) is 2. The Balaban J connectivity index is 1.28. The molecular formula is C23H25N3O5. The third-order valence-corrected chi connectivity index (χ3v) is 5.60. The topological polar surface area (TPSA) is 97.0 Å². The molecule has 2 heterocycles. The highest BCUT2D eigenvalue weighted by Gasteiger charge is 2.36. The first-order chi connectivity index (χ1) is 15.1. The van der Waals surface area contributed by atoms with E-state index in [4.69, 9.17) is 9.47 Å². The highest BCUT2D eigenvalue weighted by Crippen LogP contribution is 2.37. The van der Waals surface area contributed by atoms with Crippen molar-refractivity contribution in [1.82, 2.24) is 5.32 Å². The van der Waals surface area contributed by atoms with Crippen LogP contribution in [0.3, 0.4) is 0 Å². The lowest BCUT2D eigenvalue weighted by Gasteiger charge is -2.33. The Hall–Kier alpha value is -3.55. The molecule has 0 bridgehead atoms. The molecule has 2 aromatic rings. The number of methoxy groups -OCH3 is 1. The van der Waals surface area contributed by atoms with Gasteiger partial charge in [-0.1, -0.05) is 18.2 Å². The van der Waals surface area contributed by atoms with Crippen LogP contribution in [0.25, 0.3) is 0 Å². The number of hydrogen-bond acceptors (Lipinski definition) is 6. The normalized spacial score (nSPS) is 16.7. The first-order valence-corrected chi connectivity index (χ1v) is 10.3. The summed E-state index contributed by atoms with van der Waals surface area (Å²) in [5, 5.41) is 5.60. The monoisotopic (exact) mass is 423 g/mol. The van der Waals surface area contributed by atoms with Crippen molar-refractivity contribution in [2.75, 3.05) is 37.0 Å². The van der Waals surface area contributed by atoms with Crippen molar-refractivity contribution in [3.63, 3.8) is 0 Å². The van der Waals surface area contributed by atoms with Gasteiger partial charge < -0.3 is 25.0 Å². The van der Waals surface area contributed by atoms with Gasteiger partial charge >= 0.3 is 5.97 Å². The summed E-state index contributed by atoms with van der Waals surface area (Å²) in [5.41, 5.74) is 2.78. The minimum absolute atomic E-state index is 0.0510. The van der Waals surface area contributed by atoms with Crippen molar-refractivity contribution in [1.29, 1.82) is 0 Å². The molecule has 1 atom stereocenters. The summed E-state index contributed by atoms with van der Waals surface area (Å²) in [6, 6.07) is 12.5. The SMILES string of the molecule is COc1ccccc1CCNC(=O)COC(=O)c1ccc2c(c1)NC(=O)[C@H]1CCCN21. The van der Waals surface area contributed by atoms with Crippen molar-refractivity contribution >= 4 is 29.2 Å². The van der Waals surface area contributed by atoms with E-state index in [1.54, 1.807) is 19.2 Å². The molecule has 0 aliphatic carbocycles. The number of hydrogen-bond donors (Lipinski definition) is 2. The second-order valence-corrected chi connectivity index (χ2v) is 7.56. The predicted molar refractivity (Wildman–Crippen MR) is 115 cm³/mol. The lowest BCUT2D eigenvalue weighted by molar-refractivity contribution is -0.124. The molecule has 0 saturated carbocycles. The quantitative estimate of drug-likeness (QED) is 0.663. The van der Waals surface area contributed by atoms with E-state index >= 15 is 0 Å². The molecule has 8 heteroatoms. The molecule has 0 unspecified atom stereocenters. The second kappa shape index (κ2) is 9.07. The number of nitrogens with one attached hydrogen (secondary N) is 2. The number of esters is 1. The van der Waals surface area contributed by atoms with Gasteiger partial charge in [-0.05, 0) is 49.1 Å². The second-order valence-electron chi connectivity index (χ2n) is 7.56. The van der Waals surface area contributed by atoms with Gasteiger partial charge in [-0.15, -0.1) is 0 Å². The molecule has 2 aliphatic rings. The van der Waals surface area contributed by atoms with Crippen LogP contribution in [0.5, 0.6) is 5.75 Å². The summed E-state index contributed by atoms with van der Waals surface area (Å²) in [5.74, 6) is -0.275. The Morgan fingerprint density at radius 3 is 2.90 bits per heavy atom. The molecule has 162 valence electrons.